The second-order valence-corrected chi connectivity index (χ2v) is 9.19. The topological polar surface area (TPSA) is 117 Å². The standard InChI is InChI=1S/C21H22ClN5O4/c22-20-24-17(26-8-21(9-26)5-11-3-1-2-4-12(11)6-21)14-18(25-20)27(10-23-14)19-16(30)15(29)13(7-28)31-19/h1-4,10,13,15-16,19,28-30H,5-9H2/t13-,15-,16-,19-/m1/s1. The van der Waals surface area contributed by atoms with Crippen molar-refractivity contribution in [3.8, 4) is 0 Å². The predicted molar refractivity (Wildman–Crippen MR) is 112 cm³/mol. The van der Waals surface area contributed by atoms with Gasteiger partial charge < -0.3 is 25.0 Å². The summed E-state index contributed by atoms with van der Waals surface area (Å²) in [4.78, 5) is 15.4. The van der Waals surface area contributed by atoms with Gasteiger partial charge in [-0.25, -0.2) is 4.98 Å². The second kappa shape index (κ2) is 6.85. The molecule has 1 aromatic carbocycles. The van der Waals surface area contributed by atoms with E-state index >= 15 is 0 Å². The number of aliphatic hydroxyl groups excluding tert-OH is 3. The molecule has 1 aliphatic carbocycles. The van der Waals surface area contributed by atoms with Gasteiger partial charge >= 0.3 is 0 Å². The van der Waals surface area contributed by atoms with Crippen molar-refractivity contribution in [2.45, 2.75) is 37.4 Å². The summed E-state index contributed by atoms with van der Waals surface area (Å²) >= 11 is 6.25. The van der Waals surface area contributed by atoms with E-state index in [0.717, 1.165) is 25.9 Å². The van der Waals surface area contributed by atoms with E-state index in [0.29, 0.717) is 17.0 Å². The van der Waals surface area contributed by atoms with Gasteiger partial charge in [0.15, 0.2) is 23.2 Å². The fraction of sp³-hybridized carbons (Fsp3) is 0.476. The first-order valence-corrected chi connectivity index (χ1v) is 10.7. The number of aromatic nitrogens is 4. The number of fused-ring (bicyclic) bond motifs is 2. The first kappa shape index (κ1) is 19.4. The van der Waals surface area contributed by atoms with Crippen LogP contribution in [-0.2, 0) is 17.6 Å². The lowest BCUT2D eigenvalue weighted by molar-refractivity contribution is -0.0511. The minimum absolute atomic E-state index is 0.0756. The summed E-state index contributed by atoms with van der Waals surface area (Å²) < 4.78 is 7.17. The van der Waals surface area contributed by atoms with Crippen LogP contribution in [0.2, 0.25) is 5.28 Å². The maximum Gasteiger partial charge on any atom is 0.226 e. The highest BCUT2D eigenvalue weighted by Crippen LogP contribution is 2.46. The monoisotopic (exact) mass is 443 g/mol. The molecular formula is C21H22ClN5O4. The molecule has 3 N–H and O–H groups in total. The van der Waals surface area contributed by atoms with Crippen LogP contribution in [0.5, 0.6) is 0 Å². The molecule has 0 bridgehead atoms. The number of halogens is 1. The van der Waals surface area contributed by atoms with Gasteiger partial charge in [0.25, 0.3) is 0 Å². The molecule has 6 rings (SSSR count). The van der Waals surface area contributed by atoms with Crippen molar-refractivity contribution in [3.63, 3.8) is 0 Å². The molecule has 162 valence electrons. The van der Waals surface area contributed by atoms with Gasteiger partial charge in [-0.3, -0.25) is 4.57 Å². The Morgan fingerprint density at radius 1 is 1.10 bits per heavy atom. The zero-order chi connectivity index (χ0) is 21.3. The van der Waals surface area contributed by atoms with Crippen molar-refractivity contribution < 1.29 is 20.1 Å². The summed E-state index contributed by atoms with van der Waals surface area (Å²) in [5.41, 5.74) is 4.02. The summed E-state index contributed by atoms with van der Waals surface area (Å²) in [6.07, 6.45) is -0.631. The van der Waals surface area contributed by atoms with Crippen molar-refractivity contribution in [2.75, 3.05) is 24.6 Å². The minimum atomic E-state index is -1.23. The van der Waals surface area contributed by atoms with Crippen molar-refractivity contribution in [3.05, 3.63) is 47.0 Å². The second-order valence-electron chi connectivity index (χ2n) is 8.85. The van der Waals surface area contributed by atoms with Crippen molar-refractivity contribution in [2.24, 2.45) is 5.41 Å². The normalized spacial score (nSPS) is 29.0. The van der Waals surface area contributed by atoms with E-state index in [1.165, 1.54) is 22.0 Å². The largest absolute Gasteiger partial charge is 0.394 e. The SMILES string of the molecule is OC[C@H]1O[C@@H](n2cnc3c(N4CC5(Cc6ccccc6C5)C4)nc(Cl)nc32)[C@H](O)[C@@H]1O. The average molecular weight is 444 g/mol. The van der Waals surface area contributed by atoms with E-state index < -0.39 is 31.1 Å². The van der Waals surface area contributed by atoms with Gasteiger partial charge in [0, 0.05) is 18.5 Å². The van der Waals surface area contributed by atoms with Gasteiger partial charge in [0.05, 0.1) is 12.9 Å². The summed E-state index contributed by atoms with van der Waals surface area (Å²) in [5.74, 6) is 0.655. The van der Waals surface area contributed by atoms with Gasteiger partial charge in [-0.15, -0.1) is 0 Å². The first-order valence-electron chi connectivity index (χ1n) is 10.3. The lowest BCUT2D eigenvalue weighted by atomic mass is 9.77. The van der Waals surface area contributed by atoms with Crippen LogP contribution in [0.4, 0.5) is 5.82 Å². The molecule has 10 heteroatoms. The van der Waals surface area contributed by atoms with Crippen LogP contribution in [-0.4, -0.2) is 72.8 Å². The molecule has 3 aliphatic rings. The third kappa shape index (κ3) is 2.88. The molecule has 2 fully saturated rings. The molecule has 0 radical (unpaired) electrons. The third-order valence-electron chi connectivity index (χ3n) is 6.77. The average Bonchev–Trinajstić information content (AvgIpc) is 3.40. The zero-order valence-corrected chi connectivity index (χ0v) is 17.4. The molecule has 2 aromatic heterocycles. The highest BCUT2D eigenvalue weighted by Gasteiger charge is 2.48. The number of anilines is 1. The smallest absolute Gasteiger partial charge is 0.226 e. The Bertz CT molecular complexity index is 1140. The van der Waals surface area contributed by atoms with E-state index in [-0.39, 0.29) is 10.7 Å². The first-order chi connectivity index (χ1) is 15.0. The Morgan fingerprint density at radius 3 is 2.45 bits per heavy atom. The lowest BCUT2D eigenvalue weighted by Gasteiger charge is -2.49. The lowest BCUT2D eigenvalue weighted by Crippen LogP contribution is -2.57. The summed E-state index contributed by atoms with van der Waals surface area (Å²) in [6.45, 7) is 1.30. The fourth-order valence-electron chi connectivity index (χ4n) is 5.30. The van der Waals surface area contributed by atoms with Gasteiger partial charge in [0.1, 0.15) is 18.3 Å². The van der Waals surface area contributed by atoms with Crippen LogP contribution in [0.3, 0.4) is 0 Å². The predicted octanol–water partition coefficient (Wildman–Crippen LogP) is 0.696. The quantitative estimate of drug-likeness (QED) is 0.506. The Labute approximate surface area is 182 Å². The number of hydrogen-bond donors (Lipinski definition) is 3. The molecular weight excluding hydrogens is 422 g/mol. The Balaban J connectivity index is 1.30. The molecule has 3 aromatic rings. The maximum atomic E-state index is 10.4. The molecule has 1 spiro atoms. The number of benzene rings is 1. The van der Waals surface area contributed by atoms with Gasteiger partial charge in [0.2, 0.25) is 5.28 Å². The number of aliphatic hydroxyl groups is 3. The van der Waals surface area contributed by atoms with Crippen LogP contribution >= 0.6 is 11.6 Å². The van der Waals surface area contributed by atoms with Crippen molar-refractivity contribution in [1.29, 1.82) is 0 Å². The number of imidazole rings is 1. The molecule has 4 atom stereocenters. The zero-order valence-electron chi connectivity index (χ0n) is 16.6. The van der Waals surface area contributed by atoms with Crippen molar-refractivity contribution >= 4 is 28.6 Å². The Hall–Kier alpha value is -2.30. The van der Waals surface area contributed by atoms with Crippen LogP contribution < -0.4 is 4.90 Å². The summed E-state index contributed by atoms with van der Waals surface area (Å²) in [5, 5.41) is 29.9. The van der Waals surface area contributed by atoms with E-state index in [1.807, 2.05) is 0 Å². The Morgan fingerprint density at radius 2 is 1.81 bits per heavy atom. The van der Waals surface area contributed by atoms with Gasteiger partial charge in [-0.05, 0) is 35.6 Å². The van der Waals surface area contributed by atoms with E-state index in [9.17, 15) is 15.3 Å². The fourth-order valence-corrected chi connectivity index (χ4v) is 5.46. The molecule has 2 saturated heterocycles. The Kier molecular flexibility index (Phi) is 4.28. The number of ether oxygens (including phenoxy) is 1. The maximum absolute atomic E-state index is 10.4. The molecule has 31 heavy (non-hydrogen) atoms. The highest BCUT2D eigenvalue weighted by molar-refractivity contribution is 6.28. The van der Waals surface area contributed by atoms with Crippen molar-refractivity contribution in [1.82, 2.24) is 19.5 Å². The molecule has 0 saturated carbocycles. The number of rotatable bonds is 3. The van der Waals surface area contributed by atoms with Crippen LogP contribution in [0.15, 0.2) is 30.6 Å². The minimum Gasteiger partial charge on any atom is -0.394 e. The van der Waals surface area contributed by atoms with Crippen LogP contribution in [0, 0.1) is 5.41 Å². The third-order valence-corrected chi connectivity index (χ3v) is 6.94. The summed E-state index contributed by atoms with van der Waals surface area (Å²) in [6, 6.07) is 8.59. The molecule has 4 heterocycles. The highest BCUT2D eigenvalue weighted by atomic mass is 35.5. The van der Waals surface area contributed by atoms with Crippen LogP contribution in [0.1, 0.15) is 17.4 Å². The van der Waals surface area contributed by atoms with Gasteiger partial charge in [-0.2, -0.15) is 9.97 Å². The summed E-state index contributed by atoms with van der Waals surface area (Å²) in [7, 11) is 0. The molecule has 9 nitrogen and oxygen atoms in total. The number of nitrogens with zero attached hydrogens (tertiary/aromatic N) is 5. The van der Waals surface area contributed by atoms with Crippen LogP contribution in [0.25, 0.3) is 11.2 Å². The number of hydrogen-bond acceptors (Lipinski definition) is 8. The molecule has 0 unspecified atom stereocenters. The van der Waals surface area contributed by atoms with Gasteiger partial charge in [-0.1, -0.05) is 24.3 Å². The van der Waals surface area contributed by atoms with E-state index in [1.54, 1.807) is 0 Å². The molecule has 2 aliphatic heterocycles. The van der Waals surface area contributed by atoms with E-state index in [4.69, 9.17) is 16.3 Å². The molecule has 0 amide bonds. The van der Waals surface area contributed by atoms with E-state index in [2.05, 4.69) is 44.1 Å².